The molecular formula is C6H13NO4S. The van der Waals surface area contributed by atoms with Crippen LogP contribution in [0.25, 0.3) is 0 Å². The van der Waals surface area contributed by atoms with Crippen molar-refractivity contribution >= 4 is 16.0 Å². The van der Waals surface area contributed by atoms with Crippen LogP contribution in [0.3, 0.4) is 0 Å². The minimum absolute atomic E-state index is 0.120. The fourth-order valence-corrected chi connectivity index (χ4v) is 1.14. The lowest BCUT2D eigenvalue weighted by molar-refractivity contribution is -0.127. The number of carbonyl (C=O) groups is 1. The van der Waals surface area contributed by atoms with Crippen LogP contribution in [0.4, 0.5) is 0 Å². The lowest BCUT2D eigenvalue weighted by Crippen LogP contribution is -2.26. The fraction of sp³-hybridized carbons (Fsp3) is 0.833. The number of hydrogen-bond acceptors (Lipinski definition) is 3. The second kappa shape index (κ2) is 4.42. The van der Waals surface area contributed by atoms with Crippen molar-refractivity contribution in [2.75, 3.05) is 19.3 Å². The van der Waals surface area contributed by atoms with Gasteiger partial charge >= 0.3 is 0 Å². The van der Waals surface area contributed by atoms with Gasteiger partial charge < -0.3 is 4.90 Å². The van der Waals surface area contributed by atoms with E-state index in [1.165, 1.54) is 11.8 Å². The van der Waals surface area contributed by atoms with E-state index in [9.17, 15) is 13.2 Å². The second-order valence-electron chi connectivity index (χ2n) is 2.58. The molecule has 0 bridgehead atoms. The fourth-order valence-electron chi connectivity index (χ4n) is 0.642. The van der Waals surface area contributed by atoms with Crippen LogP contribution < -0.4 is 0 Å². The van der Waals surface area contributed by atoms with Crippen LogP contribution in [0.5, 0.6) is 0 Å². The molecule has 0 unspecified atom stereocenters. The summed E-state index contributed by atoms with van der Waals surface area (Å²) in [5, 5.41) is 0. The summed E-state index contributed by atoms with van der Waals surface area (Å²) in [6.07, 6.45) is 0.259. The highest BCUT2D eigenvalue weighted by atomic mass is 32.2. The molecule has 0 radical (unpaired) electrons. The van der Waals surface area contributed by atoms with E-state index in [0.29, 0.717) is 6.54 Å². The van der Waals surface area contributed by atoms with E-state index in [0.717, 1.165) is 0 Å². The summed E-state index contributed by atoms with van der Waals surface area (Å²) in [5.41, 5.74) is 0. The summed E-state index contributed by atoms with van der Waals surface area (Å²) in [7, 11) is -2.31. The highest BCUT2D eigenvalue weighted by Crippen LogP contribution is 1.92. The smallest absolute Gasteiger partial charge is 0.264 e. The topological polar surface area (TPSA) is 74.7 Å². The third kappa shape index (κ3) is 6.11. The first-order valence-corrected chi connectivity index (χ1v) is 5.10. The zero-order chi connectivity index (χ0) is 9.78. The van der Waals surface area contributed by atoms with Crippen molar-refractivity contribution in [3.05, 3.63) is 0 Å². The Hall–Kier alpha value is -0.620. The summed E-state index contributed by atoms with van der Waals surface area (Å²) in [6.45, 7) is 1.74. The molecular weight excluding hydrogens is 182 g/mol. The molecule has 0 aromatic heterocycles. The van der Waals surface area contributed by atoms with Crippen LogP contribution >= 0.6 is 0 Å². The van der Waals surface area contributed by atoms with Gasteiger partial charge in [0.1, 0.15) is 0 Å². The van der Waals surface area contributed by atoms with E-state index < -0.39 is 10.1 Å². The minimum atomic E-state index is -3.88. The van der Waals surface area contributed by atoms with Crippen LogP contribution in [0, 0.1) is 0 Å². The van der Waals surface area contributed by atoms with E-state index in [-0.39, 0.29) is 18.1 Å². The zero-order valence-electron chi connectivity index (χ0n) is 7.15. The third-order valence-corrected chi connectivity index (χ3v) is 2.24. The molecule has 1 N–H and O–H groups in total. The van der Waals surface area contributed by atoms with Gasteiger partial charge in [-0.2, -0.15) is 8.42 Å². The number of amides is 1. The van der Waals surface area contributed by atoms with Gasteiger partial charge in [0.25, 0.3) is 10.1 Å². The van der Waals surface area contributed by atoms with Crippen molar-refractivity contribution in [2.24, 2.45) is 0 Å². The van der Waals surface area contributed by atoms with Crippen molar-refractivity contribution < 1.29 is 17.8 Å². The number of carbonyl (C=O) groups excluding carboxylic acids is 1. The Balaban J connectivity index is 3.65. The lowest BCUT2D eigenvalue weighted by atomic mass is 10.4. The Labute approximate surface area is 72.1 Å². The average Bonchev–Trinajstić information content (AvgIpc) is 1.84. The Morgan fingerprint density at radius 3 is 2.33 bits per heavy atom. The van der Waals surface area contributed by atoms with E-state index in [1.54, 1.807) is 7.05 Å². The maximum Gasteiger partial charge on any atom is 0.264 e. The highest BCUT2D eigenvalue weighted by Gasteiger charge is 2.06. The molecule has 0 aromatic carbocycles. The Kier molecular flexibility index (Phi) is 4.19. The quantitative estimate of drug-likeness (QED) is 0.627. The van der Waals surface area contributed by atoms with Gasteiger partial charge in [-0.05, 0) is 6.42 Å². The first-order chi connectivity index (χ1) is 5.33. The van der Waals surface area contributed by atoms with Crippen LogP contribution in [0.1, 0.15) is 13.3 Å². The molecule has 6 heteroatoms. The molecule has 0 aromatic rings. The lowest BCUT2D eigenvalue weighted by Gasteiger charge is -2.13. The van der Waals surface area contributed by atoms with E-state index in [2.05, 4.69) is 0 Å². The predicted molar refractivity (Wildman–Crippen MR) is 44.3 cm³/mol. The highest BCUT2D eigenvalue weighted by molar-refractivity contribution is 7.85. The number of rotatable bonds is 4. The molecule has 72 valence electrons. The molecule has 0 spiro atoms. The normalized spacial score (nSPS) is 11.2. The Bertz CT molecular complexity index is 246. The predicted octanol–water partition coefficient (Wildman–Crippen LogP) is -0.257. The minimum Gasteiger partial charge on any atom is -0.346 e. The molecule has 0 aliphatic heterocycles. The van der Waals surface area contributed by atoms with E-state index in [4.69, 9.17) is 4.55 Å². The van der Waals surface area contributed by atoms with Crippen molar-refractivity contribution in [3.8, 4) is 0 Å². The van der Waals surface area contributed by atoms with Crippen LogP contribution in [0.15, 0.2) is 0 Å². The summed E-state index contributed by atoms with van der Waals surface area (Å²) in [4.78, 5) is 12.0. The molecule has 0 rings (SSSR count). The largest absolute Gasteiger partial charge is 0.346 e. The van der Waals surface area contributed by atoms with Gasteiger partial charge in [-0.1, -0.05) is 0 Å². The molecule has 1 amide bonds. The molecule has 0 saturated heterocycles. The van der Waals surface area contributed by atoms with Crippen molar-refractivity contribution in [2.45, 2.75) is 13.3 Å². The van der Waals surface area contributed by atoms with Gasteiger partial charge in [-0.25, -0.2) is 0 Å². The first-order valence-electron chi connectivity index (χ1n) is 3.50. The Morgan fingerprint density at radius 2 is 2.00 bits per heavy atom. The maximum atomic E-state index is 10.6. The van der Waals surface area contributed by atoms with Gasteiger partial charge in [0.2, 0.25) is 5.91 Å². The van der Waals surface area contributed by atoms with Crippen molar-refractivity contribution in [3.63, 3.8) is 0 Å². The molecule has 0 atom stereocenters. The molecule has 0 fully saturated rings. The number of hydrogen-bond donors (Lipinski definition) is 1. The Morgan fingerprint density at radius 1 is 1.50 bits per heavy atom. The average molecular weight is 195 g/mol. The molecule has 5 nitrogen and oxygen atoms in total. The van der Waals surface area contributed by atoms with Crippen LogP contribution in [0.2, 0.25) is 0 Å². The van der Waals surface area contributed by atoms with Crippen LogP contribution in [-0.4, -0.2) is 43.1 Å². The SMILES string of the molecule is CC(=O)N(C)CCCS(=O)(=O)O. The summed E-state index contributed by atoms with van der Waals surface area (Å²) in [5.74, 6) is -0.421. The van der Waals surface area contributed by atoms with E-state index in [1.807, 2.05) is 0 Å². The van der Waals surface area contributed by atoms with Gasteiger partial charge in [-0.3, -0.25) is 9.35 Å². The van der Waals surface area contributed by atoms with Gasteiger partial charge in [0.15, 0.2) is 0 Å². The second-order valence-corrected chi connectivity index (χ2v) is 4.15. The molecule has 12 heavy (non-hydrogen) atoms. The monoisotopic (exact) mass is 195 g/mol. The first kappa shape index (κ1) is 11.4. The maximum absolute atomic E-state index is 10.6. The van der Waals surface area contributed by atoms with Gasteiger partial charge in [0.05, 0.1) is 5.75 Å². The zero-order valence-corrected chi connectivity index (χ0v) is 7.97. The summed E-state index contributed by atoms with van der Waals surface area (Å²) < 4.78 is 28.8. The summed E-state index contributed by atoms with van der Waals surface area (Å²) >= 11 is 0. The van der Waals surface area contributed by atoms with Crippen molar-refractivity contribution in [1.29, 1.82) is 0 Å². The molecule has 0 aliphatic carbocycles. The van der Waals surface area contributed by atoms with Gasteiger partial charge in [-0.15, -0.1) is 0 Å². The van der Waals surface area contributed by atoms with Crippen molar-refractivity contribution in [1.82, 2.24) is 4.90 Å². The van der Waals surface area contributed by atoms with E-state index >= 15 is 0 Å². The van der Waals surface area contributed by atoms with Crippen LogP contribution in [-0.2, 0) is 14.9 Å². The molecule has 0 aliphatic rings. The summed E-state index contributed by atoms with van der Waals surface area (Å²) in [6, 6.07) is 0. The number of nitrogens with zero attached hydrogens (tertiary/aromatic N) is 1. The molecule has 0 saturated carbocycles. The molecule has 0 heterocycles. The van der Waals surface area contributed by atoms with Gasteiger partial charge in [0, 0.05) is 20.5 Å². The standard InChI is InChI=1S/C6H13NO4S/c1-6(8)7(2)4-3-5-12(9,10)11/h3-5H2,1-2H3,(H,9,10,11). The third-order valence-electron chi connectivity index (χ3n) is 1.43.